The largest absolute Gasteiger partial charge is 0.481 e. The maximum atomic E-state index is 11.9. The summed E-state index contributed by atoms with van der Waals surface area (Å²) in [6, 6.07) is 1.26. The van der Waals surface area contributed by atoms with Crippen molar-refractivity contribution in [3.8, 4) is 0 Å². The molecule has 1 aromatic heterocycles. The number of hydrogen-bond acceptors (Lipinski definition) is 3. The van der Waals surface area contributed by atoms with Gasteiger partial charge in [-0.3, -0.25) is 10.1 Å². The average Bonchev–Trinajstić information content (AvgIpc) is 2.30. The molecule has 20 heavy (non-hydrogen) atoms. The lowest BCUT2D eigenvalue weighted by molar-refractivity contribution is -0.137. The van der Waals surface area contributed by atoms with E-state index in [1.807, 2.05) is 0 Å². The van der Waals surface area contributed by atoms with E-state index >= 15 is 0 Å². The van der Waals surface area contributed by atoms with E-state index in [4.69, 9.17) is 16.7 Å². The van der Waals surface area contributed by atoms with Crippen molar-refractivity contribution >= 4 is 29.4 Å². The summed E-state index contributed by atoms with van der Waals surface area (Å²) in [4.78, 5) is 26.4. The lowest BCUT2D eigenvalue weighted by Crippen LogP contribution is -2.46. The Labute approximate surface area is 122 Å². The van der Waals surface area contributed by atoms with Crippen LogP contribution in [0.2, 0.25) is 5.02 Å². The molecule has 7 heteroatoms. The molecular weight excluding hydrogens is 282 g/mol. The number of nitrogens with zero attached hydrogens (tertiary/aromatic N) is 1. The number of aliphatic carboxylic acids is 1. The second-order valence-corrected chi connectivity index (χ2v) is 5.61. The van der Waals surface area contributed by atoms with E-state index in [9.17, 15) is 9.59 Å². The van der Waals surface area contributed by atoms with Crippen molar-refractivity contribution < 1.29 is 14.7 Å². The third-order valence-electron chi connectivity index (χ3n) is 2.69. The molecule has 1 rings (SSSR count). The van der Waals surface area contributed by atoms with Gasteiger partial charge in [0.25, 0.3) is 0 Å². The molecule has 0 aliphatic heterocycles. The normalized spacial score (nSPS) is 11.0. The molecular formula is C13H18ClN3O3. The topological polar surface area (TPSA) is 91.3 Å². The van der Waals surface area contributed by atoms with Gasteiger partial charge in [0.1, 0.15) is 5.82 Å². The summed E-state index contributed by atoms with van der Waals surface area (Å²) in [5, 5.41) is 14.5. The van der Waals surface area contributed by atoms with Gasteiger partial charge in [0, 0.05) is 18.2 Å². The highest BCUT2D eigenvalue weighted by Gasteiger charge is 2.21. The molecule has 0 bridgehead atoms. The van der Waals surface area contributed by atoms with Crippen molar-refractivity contribution in [1.29, 1.82) is 0 Å². The molecule has 0 saturated heterocycles. The number of carbonyl (C=O) groups is 2. The van der Waals surface area contributed by atoms with Crippen LogP contribution in [0, 0.1) is 6.92 Å². The zero-order valence-electron chi connectivity index (χ0n) is 11.7. The van der Waals surface area contributed by atoms with Gasteiger partial charge in [0.15, 0.2) is 0 Å². The number of nitrogens with one attached hydrogen (secondary N) is 2. The quantitative estimate of drug-likeness (QED) is 0.779. The predicted octanol–water partition coefficient (Wildman–Crippen LogP) is 2.81. The molecule has 1 aromatic rings. The maximum Gasteiger partial charge on any atom is 0.320 e. The Morgan fingerprint density at radius 3 is 2.65 bits per heavy atom. The van der Waals surface area contributed by atoms with Crippen LogP contribution in [0.4, 0.5) is 10.6 Å². The number of carboxylic acid groups (broad SMARTS) is 1. The van der Waals surface area contributed by atoms with E-state index in [0.717, 1.165) is 5.56 Å². The fourth-order valence-corrected chi connectivity index (χ4v) is 1.81. The van der Waals surface area contributed by atoms with Gasteiger partial charge in [-0.05, 0) is 38.8 Å². The first-order chi connectivity index (χ1) is 9.19. The number of urea groups is 1. The van der Waals surface area contributed by atoms with Crippen LogP contribution < -0.4 is 10.6 Å². The first-order valence-electron chi connectivity index (χ1n) is 6.13. The van der Waals surface area contributed by atoms with Gasteiger partial charge in [-0.2, -0.15) is 0 Å². The highest BCUT2D eigenvalue weighted by molar-refractivity contribution is 6.30. The first-order valence-corrected chi connectivity index (χ1v) is 6.50. The number of halogens is 1. The van der Waals surface area contributed by atoms with Gasteiger partial charge in [-0.1, -0.05) is 11.6 Å². The number of aromatic nitrogens is 1. The third kappa shape index (κ3) is 5.44. The summed E-state index contributed by atoms with van der Waals surface area (Å²) < 4.78 is 0. The van der Waals surface area contributed by atoms with E-state index in [0.29, 0.717) is 17.3 Å². The zero-order valence-corrected chi connectivity index (χ0v) is 12.4. The van der Waals surface area contributed by atoms with Gasteiger partial charge in [-0.15, -0.1) is 0 Å². The molecule has 0 atom stereocenters. The molecule has 0 saturated carbocycles. The van der Waals surface area contributed by atoms with E-state index < -0.39 is 17.5 Å². The van der Waals surface area contributed by atoms with E-state index in [1.54, 1.807) is 26.8 Å². The number of anilines is 1. The minimum Gasteiger partial charge on any atom is -0.481 e. The van der Waals surface area contributed by atoms with Crippen molar-refractivity contribution in [2.75, 3.05) is 5.32 Å². The third-order valence-corrected chi connectivity index (χ3v) is 2.90. The summed E-state index contributed by atoms with van der Waals surface area (Å²) in [7, 11) is 0. The Bertz CT molecular complexity index is 518. The molecule has 1 heterocycles. The van der Waals surface area contributed by atoms with E-state index in [-0.39, 0.29) is 6.42 Å². The first kappa shape index (κ1) is 16.2. The van der Waals surface area contributed by atoms with Crippen LogP contribution in [0.25, 0.3) is 0 Å². The monoisotopic (exact) mass is 299 g/mol. The summed E-state index contributed by atoms with van der Waals surface area (Å²) in [6.45, 7) is 5.30. The molecule has 0 fully saturated rings. The van der Waals surface area contributed by atoms with E-state index in [1.165, 1.54) is 6.20 Å². The van der Waals surface area contributed by atoms with Crippen molar-refractivity contribution in [1.82, 2.24) is 10.3 Å². The molecule has 0 spiro atoms. The summed E-state index contributed by atoms with van der Waals surface area (Å²) >= 11 is 5.78. The van der Waals surface area contributed by atoms with Crippen molar-refractivity contribution in [3.63, 3.8) is 0 Å². The molecule has 2 amide bonds. The summed E-state index contributed by atoms with van der Waals surface area (Å²) in [5.41, 5.74) is 0.124. The van der Waals surface area contributed by atoms with Crippen molar-refractivity contribution in [2.24, 2.45) is 0 Å². The van der Waals surface area contributed by atoms with Crippen LogP contribution in [0.3, 0.4) is 0 Å². The zero-order chi connectivity index (χ0) is 15.3. The molecule has 0 aromatic carbocycles. The predicted molar refractivity (Wildman–Crippen MR) is 77.1 cm³/mol. The summed E-state index contributed by atoms with van der Waals surface area (Å²) in [6.07, 6.45) is 1.77. The Morgan fingerprint density at radius 2 is 2.10 bits per heavy atom. The number of carboxylic acids is 1. The van der Waals surface area contributed by atoms with Gasteiger partial charge >= 0.3 is 12.0 Å². The molecule has 0 radical (unpaired) electrons. The maximum absolute atomic E-state index is 11.9. The molecule has 0 aliphatic carbocycles. The van der Waals surface area contributed by atoms with Gasteiger partial charge in [0.05, 0.1) is 5.02 Å². The van der Waals surface area contributed by atoms with Gasteiger partial charge < -0.3 is 10.4 Å². The Morgan fingerprint density at radius 1 is 1.45 bits per heavy atom. The number of hydrogen-bond donors (Lipinski definition) is 3. The van der Waals surface area contributed by atoms with Crippen molar-refractivity contribution in [3.05, 3.63) is 22.8 Å². The van der Waals surface area contributed by atoms with Crippen LogP contribution in [0.5, 0.6) is 0 Å². The van der Waals surface area contributed by atoms with Gasteiger partial charge in [0.2, 0.25) is 0 Å². The highest BCUT2D eigenvalue weighted by atomic mass is 35.5. The molecule has 6 nitrogen and oxygen atoms in total. The SMILES string of the molecule is Cc1cc(Cl)cnc1NC(=O)NC(C)(C)CCC(=O)O. The highest BCUT2D eigenvalue weighted by Crippen LogP contribution is 2.17. The fraction of sp³-hybridized carbons (Fsp3) is 0.462. The van der Waals surface area contributed by atoms with Crippen LogP contribution in [-0.2, 0) is 4.79 Å². The molecule has 3 N–H and O–H groups in total. The Hall–Kier alpha value is -1.82. The Balaban J connectivity index is 2.60. The molecule has 110 valence electrons. The Kier molecular flexibility index (Phi) is 5.33. The lowest BCUT2D eigenvalue weighted by Gasteiger charge is -2.25. The smallest absolute Gasteiger partial charge is 0.320 e. The number of amides is 2. The van der Waals surface area contributed by atoms with Crippen LogP contribution in [-0.4, -0.2) is 27.6 Å². The molecule has 0 aliphatic rings. The van der Waals surface area contributed by atoms with Crippen molar-refractivity contribution in [2.45, 2.75) is 39.2 Å². The van der Waals surface area contributed by atoms with Gasteiger partial charge in [-0.25, -0.2) is 9.78 Å². The fourth-order valence-electron chi connectivity index (χ4n) is 1.60. The minimum absolute atomic E-state index is 0.00843. The standard InChI is InChI=1S/C13H18ClN3O3/c1-8-6-9(14)7-15-11(8)16-12(20)17-13(2,3)5-4-10(18)19/h6-7H,4-5H2,1-3H3,(H,18,19)(H2,15,16,17,20). The molecule has 0 unspecified atom stereocenters. The van der Waals surface area contributed by atoms with E-state index in [2.05, 4.69) is 15.6 Å². The average molecular weight is 300 g/mol. The number of carbonyl (C=O) groups excluding carboxylic acids is 1. The second-order valence-electron chi connectivity index (χ2n) is 5.18. The lowest BCUT2D eigenvalue weighted by atomic mass is 9.99. The summed E-state index contributed by atoms with van der Waals surface area (Å²) in [5.74, 6) is -0.476. The number of pyridine rings is 1. The second kappa shape index (κ2) is 6.56. The number of aryl methyl sites for hydroxylation is 1. The minimum atomic E-state index is -0.893. The number of rotatable bonds is 5. The van der Waals surface area contributed by atoms with Crippen LogP contribution >= 0.6 is 11.6 Å². The van der Waals surface area contributed by atoms with Crippen LogP contribution in [0.1, 0.15) is 32.3 Å². The van der Waals surface area contributed by atoms with Crippen LogP contribution in [0.15, 0.2) is 12.3 Å².